The molecule has 1 heterocycles. The van der Waals surface area contributed by atoms with Gasteiger partial charge in [0.1, 0.15) is 0 Å². The van der Waals surface area contributed by atoms with Gasteiger partial charge >= 0.3 is 0 Å². The number of nitrogens with two attached hydrogens (primary N) is 1. The van der Waals surface area contributed by atoms with Crippen molar-refractivity contribution in [3.63, 3.8) is 0 Å². The summed E-state index contributed by atoms with van der Waals surface area (Å²) < 4.78 is 0. The molecular weight excluding hydrogens is 244 g/mol. The fraction of sp³-hybridized carbons (Fsp3) is 0.500. The molecule has 1 atom stereocenters. The summed E-state index contributed by atoms with van der Waals surface area (Å²) >= 11 is 1.79. The van der Waals surface area contributed by atoms with Crippen LogP contribution in [0.1, 0.15) is 20.8 Å². The number of hydrogen-bond donors (Lipinski definition) is 1. The molecule has 1 amide bonds. The lowest BCUT2D eigenvalue weighted by Crippen LogP contribution is -2.51. The van der Waals surface area contributed by atoms with Gasteiger partial charge < -0.3 is 10.6 Å². The van der Waals surface area contributed by atoms with Crippen molar-refractivity contribution in [1.82, 2.24) is 0 Å². The molecular formula is C14H20N2OS. The monoisotopic (exact) mass is 264 g/mol. The van der Waals surface area contributed by atoms with Gasteiger partial charge in [0.05, 0.1) is 11.7 Å². The third-order valence-corrected chi connectivity index (χ3v) is 4.24. The van der Waals surface area contributed by atoms with E-state index in [1.54, 1.807) is 11.8 Å². The molecule has 0 saturated heterocycles. The summed E-state index contributed by atoms with van der Waals surface area (Å²) in [5.74, 6) is 0.954. The van der Waals surface area contributed by atoms with Gasteiger partial charge in [0, 0.05) is 17.2 Å². The number of carbonyl (C=O) groups excluding carboxylic acids is 1. The number of carbonyl (C=O) groups is 1. The topological polar surface area (TPSA) is 46.3 Å². The molecule has 0 spiro atoms. The molecule has 4 heteroatoms. The Hall–Kier alpha value is -1.00. The van der Waals surface area contributed by atoms with E-state index in [0.29, 0.717) is 0 Å². The van der Waals surface area contributed by atoms with Crippen molar-refractivity contribution < 1.29 is 4.79 Å². The molecule has 1 aromatic carbocycles. The maximum Gasteiger partial charge on any atom is 0.244 e. The minimum absolute atomic E-state index is 0.0234. The number of benzene rings is 1. The number of hydrogen-bond acceptors (Lipinski definition) is 3. The smallest absolute Gasteiger partial charge is 0.244 e. The summed E-state index contributed by atoms with van der Waals surface area (Å²) in [4.78, 5) is 15.5. The molecule has 1 aromatic rings. The van der Waals surface area contributed by atoms with Crippen molar-refractivity contribution in [1.29, 1.82) is 0 Å². The SMILES string of the molecule is CC(C)(C)[C@@H](N)C(=O)N1CCSc2ccccc21. The molecule has 0 aliphatic carbocycles. The van der Waals surface area contributed by atoms with E-state index in [-0.39, 0.29) is 11.3 Å². The van der Waals surface area contributed by atoms with Crippen molar-refractivity contribution in [3.8, 4) is 0 Å². The Balaban J connectivity index is 2.28. The van der Waals surface area contributed by atoms with Crippen LogP contribution >= 0.6 is 11.8 Å². The van der Waals surface area contributed by atoms with Gasteiger partial charge in [-0.15, -0.1) is 11.8 Å². The van der Waals surface area contributed by atoms with E-state index in [4.69, 9.17) is 5.73 Å². The third-order valence-electron chi connectivity index (χ3n) is 3.19. The van der Waals surface area contributed by atoms with E-state index < -0.39 is 6.04 Å². The number of nitrogens with zero attached hydrogens (tertiary/aromatic N) is 1. The van der Waals surface area contributed by atoms with E-state index in [1.807, 2.05) is 43.9 Å². The number of anilines is 1. The first-order valence-corrected chi connectivity index (χ1v) is 7.18. The van der Waals surface area contributed by atoms with Gasteiger partial charge in [0.25, 0.3) is 0 Å². The molecule has 98 valence electrons. The molecule has 0 fully saturated rings. The molecule has 0 unspecified atom stereocenters. The first-order valence-electron chi connectivity index (χ1n) is 6.20. The molecule has 1 aliphatic rings. The average Bonchev–Trinajstić information content (AvgIpc) is 2.35. The largest absolute Gasteiger partial charge is 0.319 e. The highest BCUT2D eigenvalue weighted by Gasteiger charge is 2.33. The van der Waals surface area contributed by atoms with E-state index in [1.165, 1.54) is 4.90 Å². The number of amides is 1. The van der Waals surface area contributed by atoms with Crippen LogP contribution in [0.3, 0.4) is 0 Å². The number of rotatable bonds is 1. The normalized spacial score (nSPS) is 17.2. The summed E-state index contributed by atoms with van der Waals surface area (Å²) in [5.41, 5.74) is 6.87. The van der Waals surface area contributed by atoms with Crippen LogP contribution in [0.4, 0.5) is 5.69 Å². The Morgan fingerprint density at radius 3 is 2.72 bits per heavy atom. The Morgan fingerprint density at radius 1 is 1.39 bits per heavy atom. The van der Waals surface area contributed by atoms with Crippen molar-refractivity contribution in [3.05, 3.63) is 24.3 Å². The predicted octanol–water partition coefficient (Wildman–Crippen LogP) is 2.50. The number of thioether (sulfide) groups is 1. The molecule has 0 saturated carbocycles. The van der Waals surface area contributed by atoms with Gasteiger partial charge in [0.2, 0.25) is 5.91 Å². The second-order valence-corrected chi connectivity index (χ2v) is 6.79. The van der Waals surface area contributed by atoms with Gasteiger partial charge in [0.15, 0.2) is 0 Å². The molecule has 18 heavy (non-hydrogen) atoms. The lowest BCUT2D eigenvalue weighted by Gasteiger charge is -2.35. The van der Waals surface area contributed by atoms with Crippen LogP contribution in [0.2, 0.25) is 0 Å². The average molecular weight is 264 g/mol. The zero-order valence-corrected chi connectivity index (χ0v) is 12.0. The zero-order chi connectivity index (χ0) is 13.3. The van der Waals surface area contributed by atoms with Crippen LogP contribution < -0.4 is 10.6 Å². The van der Waals surface area contributed by atoms with Crippen molar-refractivity contribution in [2.24, 2.45) is 11.1 Å². The Bertz CT molecular complexity index is 453. The molecule has 0 bridgehead atoms. The van der Waals surface area contributed by atoms with Crippen LogP contribution in [0.15, 0.2) is 29.2 Å². The van der Waals surface area contributed by atoms with Gasteiger partial charge in [-0.2, -0.15) is 0 Å². The molecule has 0 radical (unpaired) electrons. The van der Waals surface area contributed by atoms with Gasteiger partial charge in [-0.25, -0.2) is 0 Å². The van der Waals surface area contributed by atoms with Crippen molar-refractivity contribution in [2.75, 3.05) is 17.2 Å². The number of para-hydroxylation sites is 1. The number of fused-ring (bicyclic) bond motifs is 1. The summed E-state index contributed by atoms with van der Waals surface area (Å²) in [5, 5.41) is 0. The van der Waals surface area contributed by atoms with E-state index in [9.17, 15) is 4.79 Å². The second-order valence-electron chi connectivity index (χ2n) is 5.65. The van der Waals surface area contributed by atoms with Crippen LogP contribution in [0.25, 0.3) is 0 Å². The van der Waals surface area contributed by atoms with E-state index >= 15 is 0 Å². The van der Waals surface area contributed by atoms with Crippen LogP contribution in [0, 0.1) is 5.41 Å². The Labute approximate surface area is 113 Å². The van der Waals surface area contributed by atoms with Gasteiger partial charge in [-0.3, -0.25) is 4.79 Å². The lowest BCUT2D eigenvalue weighted by molar-refractivity contribution is -0.121. The molecule has 2 rings (SSSR count). The van der Waals surface area contributed by atoms with Gasteiger partial charge in [-0.05, 0) is 17.5 Å². The van der Waals surface area contributed by atoms with E-state index in [2.05, 4.69) is 6.07 Å². The fourth-order valence-electron chi connectivity index (χ4n) is 1.94. The van der Waals surface area contributed by atoms with Crippen LogP contribution in [-0.4, -0.2) is 24.2 Å². The highest BCUT2D eigenvalue weighted by molar-refractivity contribution is 7.99. The molecule has 1 aliphatic heterocycles. The highest BCUT2D eigenvalue weighted by Crippen LogP contribution is 2.35. The lowest BCUT2D eigenvalue weighted by atomic mass is 9.86. The standard InChI is InChI=1S/C14H20N2OS/c1-14(2,3)12(15)13(17)16-8-9-18-11-7-5-4-6-10(11)16/h4-7,12H,8-9,15H2,1-3H3/t12-/m0/s1. The summed E-state index contributed by atoms with van der Waals surface area (Å²) in [6, 6.07) is 7.56. The summed E-state index contributed by atoms with van der Waals surface area (Å²) in [6.45, 7) is 6.74. The molecule has 0 aromatic heterocycles. The maximum absolute atomic E-state index is 12.5. The fourth-order valence-corrected chi connectivity index (χ4v) is 2.93. The van der Waals surface area contributed by atoms with Gasteiger partial charge in [-0.1, -0.05) is 32.9 Å². The predicted molar refractivity (Wildman–Crippen MR) is 76.9 cm³/mol. The maximum atomic E-state index is 12.5. The first-order chi connectivity index (χ1) is 8.41. The second kappa shape index (κ2) is 4.94. The minimum Gasteiger partial charge on any atom is -0.319 e. The third kappa shape index (κ3) is 2.54. The van der Waals surface area contributed by atoms with Crippen LogP contribution in [0.5, 0.6) is 0 Å². The van der Waals surface area contributed by atoms with Crippen molar-refractivity contribution in [2.45, 2.75) is 31.7 Å². The highest BCUT2D eigenvalue weighted by atomic mass is 32.2. The van der Waals surface area contributed by atoms with Crippen molar-refractivity contribution >= 4 is 23.4 Å². The van der Waals surface area contributed by atoms with E-state index in [0.717, 1.165) is 18.0 Å². The minimum atomic E-state index is -0.464. The quantitative estimate of drug-likeness (QED) is 0.847. The Morgan fingerprint density at radius 2 is 2.06 bits per heavy atom. The zero-order valence-electron chi connectivity index (χ0n) is 11.1. The molecule has 2 N–H and O–H groups in total. The first kappa shape index (κ1) is 13.4. The Kier molecular flexibility index (Phi) is 3.69. The summed E-state index contributed by atoms with van der Waals surface area (Å²) in [6.07, 6.45) is 0. The van der Waals surface area contributed by atoms with Crippen LogP contribution in [-0.2, 0) is 4.79 Å². The molecule has 3 nitrogen and oxygen atoms in total. The summed E-state index contributed by atoms with van der Waals surface area (Å²) in [7, 11) is 0.